The normalized spacial score (nSPS) is 17.6. The Kier molecular flexibility index (Phi) is 8.66. The first kappa shape index (κ1) is 22.3. The highest BCUT2D eigenvalue weighted by Crippen LogP contribution is 2.36. The lowest BCUT2D eigenvalue weighted by Crippen LogP contribution is -2.51. The molecule has 1 aromatic rings. The molecule has 0 aromatic heterocycles. The Morgan fingerprint density at radius 2 is 1.85 bits per heavy atom. The molecule has 1 amide bonds. The van der Waals surface area contributed by atoms with Crippen molar-refractivity contribution in [3.63, 3.8) is 0 Å². The van der Waals surface area contributed by atoms with Gasteiger partial charge in [-0.1, -0.05) is 53.6 Å². The standard InChI is InChI=1S/C20H32N2O3P2/c1-3-20(12-15-22(26)4-2,17-8-6-5-7-9-17)19(24)21-13-10-16(11-14-21)18(23)25-27/h5-9,16H,3-4,10-15,26-27H2,1-2H3. The fourth-order valence-corrected chi connectivity index (χ4v) is 4.20. The van der Waals surface area contributed by atoms with Gasteiger partial charge in [0.1, 0.15) is 0 Å². The maximum atomic E-state index is 13.7. The molecule has 3 unspecified atom stereocenters. The van der Waals surface area contributed by atoms with Crippen molar-refractivity contribution in [2.24, 2.45) is 5.92 Å². The van der Waals surface area contributed by atoms with Crippen molar-refractivity contribution in [3.8, 4) is 0 Å². The molecule has 0 spiro atoms. The third-order valence-electron chi connectivity index (χ3n) is 5.80. The summed E-state index contributed by atoms with van der Waals surface area (Å²) in [5.74, 6) is -0.121. The first-order valence-corrected chi connectivity index (χ1v) is 10.7. The number of piperidine rings is 1. The van der Waals surface area contributed by atoms with Gasteiger partial charge in [0, 0.05) is 19.6 Å². The minimum Gasteiger partial charge on any atom is -0.451 e. The van der Waals surface area contributed by atoms with Crippen LogP contribution in [0, 0.1) is 5.92 Å². The van der Waals surface area contributed by atoms with Gasteiger partial charge in [0.05, 0.1) is 20.8 Å². The number of nitrogens with zero attached hydrogens (tertiary/aromatic N) is 2. The highest BCUT2D eigenvalue weighted by atomic mass is 31.0. The van der Waals surface area contributed by atoms with Gasteiger partial charge in [0.15, 0.2) is 0 Å². The molecule has 1 aromatic carbocycles. The smallest absolute Gasteiger partial charge is 0.311 e. The second kappa shape index (κ2) is 10.5. The lowest BCUT2D eigenvalue weighted by Gasteiger charge is -2.40. The monoisotopic (exact) mass is 410 g/mol. The van der Waals surface area contributed by atoms with Gasteiger partial charge in [-0.05, 0) is 37.8 Å². The zero-order valence-corrected chi connectivity index (χ0v) is 18.7. The first-order valence-electron chi connectivity index (χ1n) is 9.73. The van der Waals surface area contributed by atoms with Crippen molar-refractivity contribution >= 4 is 30.7 Å². The number of amides is 1. The molecule has 0 N–H and O–H groups in total. The van der Waals surface area contributed by atoms with Crippen LogP contribution in [0.5, 0.6) is 0 Å². The maximum absolute atomic E-state index is 13.7. The Balaban J connectivity index is 2.22. The van der Waals surface area contributed by atoms with Crippen LogP contribution in [-0.2, 0) is 19.5 Å². The van der Waals surface area contributed by atoms with E-state index in [9.17, 15) is 9.59 Å². The van der Waals surface area contributed by atoms with Gasteiger partial charge >= 0.3 is 5.97 Å². The van der Waals surface area contributed by atoms with Crippen molar-refractivity contribution in [3.05, 3.63) is 35.9 Å². The van der Waals surface area contributed by atoms with E-state index in [2.05, 4.69) is 40.0 Å². The molecule has 5 nitrogen and oxygen atoms in total. The number of carbonyl (C=O) groups is 2. The van der Waals surface area contributed by atoms with Gasteiger partial charge in [-0.25, -0.2) is 0 Å². The van der Waals surface area contributed by atoms with Crippen LogP contribution in [0.2, 0.25) is 0 Å². The van der Waals surface area contributed by atoms with Gasteiger partial charge < -0.3 is 9.42 Å². The molecule has 0 saturated carbocycles. The summed E-state index contributed by atoms with van der Waals surface area (Å²) < 4.78 is 6.96. The minimum atomic E-state index is -0.529. The number of likely N-dealkylation sites (tertiary alicyclic amines) is 1. The molecule has 1 fully saturated rings. The molecule has 150 valence electrons. The van der Waals surface area contributed by atoms with Crippen molar-refractivity contribution < 1.29 is 14.1 Å². The number of carbonyl (C=O) groups excluding carboxylic acids is 2. The highest BCUT2D eigenvalue weighted by Gasteiger charge is 2.42. The molecule has 1 saturated heterocycles. The van der Waals surface area contributed by atoms with E-state index in [0.29, 0.717) is 25.9 Å². The van der Waals surface area contributed by atoms with Gasteiger partial charge in [-0.15, -0.1) is 0 Å². The average molecular weight is 410 g/mol. The Morgan fingerprint density at radius 1 is 1.22 bits per heavy atom. The molecule has 0 bridgehead atoms. The zero-order valence-electron chi connectivity index (χ0n) is 16.4. The van der Waals surface area contributed by atoms with Crippen LogP contribution >= 0.6 is 18.9 Å². The van der Waals surface area contributed by atoms with Gasteiger partial charge in [-0.3, -0.25) is 14.3 Å². The SMILES string of the molecule is CCN(P)CCC(CC)(C(=O)N1CCC(C(=O)OP)CC1)c1ccccc1. The fraction of sp³-hybridized carbons (Fsp3) is 0.600. The number of hydrogen-bond acceptors (Lipinski definition) is 4. The van der Waals surface area contributed by atoms with Crippen molar-refractivity contribution in [2.45, 2.75) is 44.9 Å². The van der Waals surface area contributed by atoms with Crippen LogP contribution in [0.4, 0.5) is 0 Å². The molecule has 1 aliphatic rings. The lowest BCUT2D eigenvalue weighted by atomic mass is 9.73. The molecule has 3 atom stereocenters. The second-order valence-corrected chi connectivity index (χ2v) is 8.15. The van der Waals surface area contributed by atoms with Gasteiger partial charge in [-0.2, -0.15) is 0 Å². The molecule has 0 aliphatic carbocycles. The second-order valence-electron chi connectivity index (χ2n) is 7.18. The molecule has 7 heteroatoms. The van der Waals surface area contributed by atoms with Crippen molar-refractivity contribution in [1.82, 2.24) is 9.57 Å². The van der Waals surface area contributed by atoms with Crippen molar-refractivity contribution in [2.75, 3.05) is 26.2 Å². The predicted molar refractivity (Wildman–Crippen MR) is 115 cm³/mol. The molecular formula is C20H32N2O3P2. The third-order valence-corrected chi connectivity index (χ3v) is 6.66. The van der Waals surface area contributed by atoms with Gasteiger partial charge in [0.2, 0.25) is 5.91 Å². The summed E-state index contributed by atoms with van der Waals surface area (Å²) in [4.78, 5) is 27.4. The summed E-state index contributed by atoms with van der Waals surface area (Å²) in [5, 5.41) is 0. The third kappa shape index (κ3) is 5.28. The predicted octanol–water partition coefficient (Wildman–Crippen LogP) is 3.41. The topological polar surface area (TPSA) is 49.9 Å². The molecular weight excluding hydrogens is 378 g/mol. The maximum Gasteiger partial charge on any atom is 0.311 e. The highest BCUT2D eigenvalue weighted by molar-refractivity contribution is 7.13. The summed E-state index contributed by atoms with van der Waals surface area (Å²) in [5.41, 5.74) is 0.553. The number of rotatable bonds is 8. The van der Waals surface area contributed by atoms with E-state index < -0.39 is 5.41 Å². The van der Waals surface area contributed by atoms with Crippen LogP contribution in [0.15, 0.2) is 30.3 Å². The minimum absolute atomic E-state index is 0.109. The zero-order chi connectivity index (χ0) is 19.9. The Labute approximate surface area is 167 Å². The summed E-state index contributed by atoms with van der Waals surface area (Å²) in [7, 11) is 4.77. The Morgan fingerprint density at radius 3 is 2.37 bits per heavy atom. The summed E-state index contributed by atoms with van der Waals surface area (Å²) in [6.45, 7) is 7.19. The quantitative estimate of drug-likeness (QED) is 0.617. The fourth-order valence-electron chi connectivity index (χ4n) is 3.87. The van der Waals surface area contributed by atoms with Crippen LogP contribution in [0.25, 0.3) is 0 Å². The van der Waals surface area contributed by atoms with Crippen molar-refractivity contribution in [1.29, 1.82) is 0 Å². The van der Waals surface area contributed by atoms with E-state index in [0.717, 1.165) is 31.5 Å². The summed E-state index contributed by atoms with van der Waals surface area (Å²) in [6.07, 6.45) is 2.86. The van der Waals surface area contributed by atoms with Crippen LogP contribution in [-0.4, -0.2) is 47.6 Å². The van der Waals surface area contributed by atoms with E-state index in [-0.39, 0.29) is 17.8 Å². The van der Waals surface area contributed by atoms with Crippen LogP contribution in [0.3, 0.4) is 0 Å². The van der Waals surface area contributed by atoms with E-state index in [1.165, 1.54) is 0 Å². The number of benzene rings is 1. The average Bonchev–Trinajstić information content (AvgIpc) is 2.74. The van der Waals surface area contributed by atoms with E-state index in [4.69, 9.17) is 4.52 Å². The largest absolute Gasteiger partial charge is 0.451 e. The van der Waals surface area contributed by atoms with E-state index >= 15 is 0 Å². The molecule has 1 aliphatic heterocycles. The molecule has 1 heterocycles. The van der Waals surface area contributed by atoms with E-state index in [1.54, 1.807) is 0 Å². The Bertz CT molecular complexity index is 621. The molecule has 2 rings (SSSR count). The summed E-state index contributed by atoms with van der Waals surface area (Å²) >= 11 is 0. The summed E-state index contributed by atoms with van der Waals surface area (Å²) in [6, 6.07) is 10.1. The van der Waals surface area contributed by atoms with Gasteiger partial charge in [0.25, 0.3) is 0 Å². The van der Waals surface area contributed by atoms with E-state index in [1.807, 2.05) is 32.6 Å². The number of hydrogen-bond donors (Lipinski definition) is 0. The Hall–Kier alpha value is -1.02. The van der Waals surface area contributed by atoms with Crippen LogP contribution < -0.4 is 0 Å². The molecule has 0 radical (unpaired) electrons. The molecule has 27 heavy (non-hydrogen) atoms. The van der Waals surface area contributed by atoms with Crippen LogP contribution in [0.1, 0.15) is 45.1 Å². The lowest BCUT2D eigenvalue weighted by molar-refractivity contribution is -0.145. The first-order chi connectivity index (χ1) is 13.0.